The summed E-state index contributed by atoms with van der Waals surface area (Å²) >= 11 is 0. The number of hydrogen-bond acceptors (Lipinski definition) is 4. The van der Waals surface area contributed by atoms with E-state index in [1.54, 1.807) is 0 Å². The van der Waals surface area contributed by atoms with Crippen LogP contribution in [0.3, 0.4) is 0 Å². The van der Waals surface area contributed by atoms with Crippen molar-refractivity contribution in [2.24, 2.45) is 0 Å². The summed E-state index contributed by atoms with van der Waals surface area (Å²) in [5, 5.41) is 0. The van der Waals surface area contributed by atoms with Gasteiger partial charge in [-0.15, -0.1) is 0 Å². The number of carbonyl (C=O) groups is 2. The molecule has 1 heterocycles. The molecule has 1 rings (SSSR count). The molecule has 108 valence electrons. The molecule has 0 aromatic rings. The standard InChI is InChI=1S/C14H23NO4/c1-2-3-4-5-9-18-11-12-19-10-8-15-13(16)6-7-14(15)17/h6-7H,2-5,8-12H2,1H3. The third-order valence-electron chi connectivity index (χ3n) is 2.87. The molecule has 19 heavy (non-hydrogen) atoms. The lowest BCUT2D eigenvalue weighted by atomic mass is 10.2. The Morgan fingerprint density at radius 1 is 0.895 bits per heavy atom. The smallest absolute Gasteiger partial charge is 0.253 e. The Labute approximate surface area is 114 Å². The summed E-state index contributed by atoms with van der Waals surface area (Å²) in [5.74, 6) is -0.526. The van der Waals surface area contributed by atoms with Crippen LogP contribution in [0.4, 0.5) is 0 Å². The number of unbranched alkanes of at least 4 members (excludes halogenated alkanes) is 3. The van der Waals surface area contributed by atoms with E-state index in [0.29, 0.717) is 26.4 Å². The van der Waals surface area contributed by atoms with Crippen LogP contribution < -0.4 is 0 Å². The summed E-state index contributed by atoms with van der Waals surface area (Å²) < 4.78 is 10.7. The van der Waals surface area contributed by atoms with Crippen LogP contribution in [0.25, 0.3) is 0 Å². The fourth-order valence-corrected chi connectivity index (χ4v) is 1.76. The fourth-order valence-electron chi connectivity index (χ4n) is 1.76. The predicted molar refractivity (Wildman–Crippen MR) is 71.6 cm³/mol. The van der Waals surface area contributed by atoms with Crippen molar-refractivity contribution in [3.63, 3.8) is 0 Å². The average molecular weight is 269 g/mol. The Balaban J connectivity index is 1.86. The molecule has 0 unspecified atom stereocenters. The highest BCUT2D eigenvalue weighted by atomic mass is 16.5. The van der Waals surface area contributed by atoms with Gasteiger partial charge in [0.25, 0.3) is 11.8 Å². The highest BCUT2D eigenvalue weighted by molar-refractivity contribution is 6.12. The molecular formula is C14H23NO4. The molecule has 1 aliphatic heterocycles. The van der Waals surface area contributed by atoms with Crippen LogP contribution in [0.15, 0.2) is 12.2 Å². The molecule has 0 saturated carbocycles. The lowest BCUT2D eigenvalue weighted by molar-refractivity contribution is -0.137. The number of hydrogen-bond donors (Lipinski definition) is 0. The van der Waals surface area contributed by atoms with E-state index in [4.69, 9.17) is 9.47 Å². The zero-order valence-corrected chi connectivity index (χ0v) is 11.6. The molecule has 0 aromatic heterocycles. The average Bonchev–Trinajstić information content (AvgIpc) is 2.72. The van der Waals surface area contributed by atoms with Crippen molar-refractivity contribution in [1.29, 1.82) is 0 Å². The SMILES string of the molecule is CCCCCCOCCOCCN1C(=O)C=CC1=O. The number of amides is 2. The summed E-state index contributed by atoms with van der Waals surface area (Å²) in [4.78, 5) is 23.6. The first-order valence-corrected chi connectivity index (χ1v) is 6.94. The number of ether oxygens (including phenoxy) is 2. The molecule has 0 aromatic carbocycles. The van der Waals surface area contributed by atoms with E-state index in [-0.39, 0.29) is 11.8 Å². The minimum Gasteiger partial charge on any atom is -0.379 e. The largest absolute Gasteiger partial charge is 0.379 e. The van der Waals surface area contributed by atoms with E-state index in [0.717, 1.165) is 13.0 Å². The summed E-state index contributed by atoms with van der Waals surface area (Å²) in [7, 11) is 0. The first-order valence-electron chi connectivity index (χ1n) is 6.94. The topological polar surface area (TPSA) is 55.8 Å². The van der Waals surface area contributed by atoms with Gasteiger partial charge in [-0.25, -0.2) is 0 Å². The van der Waals surface area contributed by atoms with Crippen molar-refractivity contribution in [3.05, 3.63) is 12.2 Å². The van der Waals surface area contributed by atoms with Crippen molar-refractivity contribution < 1.29 is 19.1 Å². The molecule has 0 spiro atoms. The Morgan fingerprint density at radius 3 is 2.16 bits per heavy atom. The van der Waals surface area contributed by atoms with Crippen LogP contribution in [0.5, 0.6) is 0 Å². The molecule has 0 radical (unpaired) electrons. The second-order valence-electron chi connectivity index (χ2n) is 4.45. The van der Waals surface area contributed by atoms with Crippen LogP contribution in [0.1, 0.15) is 32.6 Å². The van der Waals surface area contributed by atoms with E-state index < -0.39 is 0 Å². The molecular weight excluding hydrogens is 246 g/mol. The first-order chi connectivity index (χ1) is 9.25. The van der Waals surface area contributed by atoms with Gasteiger partial charge >= 0.3 is 0 Å². The van der Waals surface area contributed by atoms with Gasteiger partial charge in [0.1, 0.15) is 0 Å². The van der Waals surface area contributed by atoms with Crippen LogP contribution >= 0.6 is 0 Å². The molecule has 5 heteroatoms. The maximum atomic E-state index is 11.2. The van der Waals surface area contributed by atoms with E-state index in [1.807, 2.05) is 0 Å². The second kappa shape index (κ2) is 9.69. The van der Waals surface area contributed by atoms with Gasteiger partial charge in [0, 0.05) is 18.8 Å². The quantitative estimate of drug-likeness (QED) is 0.421. The summed E-state index contributed by atoms with van der Waals surface area (Å²) in [6.07, 6.45) is 7.35. The summed E-state index contributed by atoms with van der Waals surface area (Å²) in [6, 6.07) is 0. The molecule has 2 amide bonds. The Hall–Kier alpha value is -1.20. The molecule has 0 fully saturated rings. The van der Waals surface area contributed by atoms with Crippen LogP contribution in [-0.4, -0.2) is 49.7 Å². The number of imide groups is 1. The summed E-state index contributed by atoms with van der Waals surface area (Å²) in [6.45, 7) is 4.68. The minimum atomic E-state index is -0.263. The van der Waals surface area contributed by atoms with Crippen molar-refractivity contribution >= 4 is 11.8 Å². The first kappa shape index (κ1) is 15.9. The molecule has 5 nitrogen and oxygen atoms in total. The predicted octanol–water partition coefficient (Wildman–Crippen LogP) is 1.52. The minimum absolute atomic E-state index is 0.263. The van der Waals surface area contributed by atoms with E-state index in [1.165, 1.54) is 36.3 Å². The van der Waals surface area contributed by atoms with Gasteiger partial charge in [0.05, 0.1) is 26.4 Å². The second-order valence-corrected chi connectivity index (χ2v) is 4.45. The lowest BCUT2D eigenvalue weighted by Gasteiger charge is -2.13. The zero-order valence-electron chi connectivity index (χ0n) is 11.6. The van der Waals surface area contributed by atoms with Gasteiger partial charge in [-0.05, 0) is 6.42 Å². The Bertz CT molecular complexity index is 297. The van der Waals surface area contributed by atoms with E-state index in [9.17, 15) is 9.59 Å². The van der Waals surface area contributed by atoms with Gasteiger partial charge in [-0.1, -0.05) is 26.2 Å². The van der Waals surface area contributed by atoms with Gasteiger partial charge in [-0.2, -0.15) is 0 Å². The highest BCUT2D eigenvalue weighted by Gasteiger charge is 2.22. The van der Waals surface area contributed by atoms with E-state index in [2.05, 4.69) is 6.92 Å². The van der Waals surface area contributed by atoms with Crippen molar-refractivity contribution in [2.45, 2.75) is 32.6 Å². The van der Waals surface area contributed by atoms with E-state index >= 15 is 0 Å². The van der Waals surface area contributed by atoms with Crippen molar-refractivity contribution in [3.8, 4) is 0 Å². The third kappa shape index (κ3) is 6.50. The van der Waals surface area contributed by atoms with Crippen molar-refractivity contribution in [2.75, 3.05) is 33.0 Å². The number of rotatable bonds is 11. The fraction of sp³-hybridized carbons (Fsp3) is 0.714. The molecule has 0 saturated heterocycles. The highest BCUT2D eigenvalue weighted by Crippen LogP contribution is 2.02. The van der Waals surface area contributed by atoms with Crippen LogP contribution in [0, 0.1) is 0 Å². The third-order valence-corrected chi connectivity index (χ3v) is 2.87. The van der Waals surface area contributed by atoms with Crippen molar-refractivity contribution in [1.82, 2.24) is 4.90 Å². The molecule has 0 N–H and O–H groups in total. The number of nitrogens with zero attached hydrogens (tertiary/aromatic N) is 1. The van der Waals surface area contributed by atoms with Gasteiger partial charge in [0.2, 0.25) is 0 Å². The molecule has 1 aliphatic rings. The molecule has 0 aliphatic carbocycles. The maximum absolute atomic E-state index is 11.2. The van der Waals surface area contributed by atoms with Gasteiger partial charge in [-0.3, -0.25) is 14.5 Å². The molecule has 0 atom stereocenters. The zero-order chi connectivity index (χ0) is 13.9. The normalized spacial score (nSPS) is 14.7. The van der Waals surface area contributed by atoms with Gasteiger partial charge in [0.15, 0.2) is 0 Å². The Morgan fingerprint density at radius 2 is 1.53 bits per heavy atom. The Kier molecular flexibility index (Phi) is 8.09. The van der Waals surface area contributed by atoms with Gasteiger partial charge < -0.3 is 9.47 Å². The van der Waals surface area contributed by atoms with Crippen LogP contribution in [-0.2, 0) is 19.1 Å². The molecule has 0 bridgehead atoms. The lowest BCUT2D eigenvalue weighted by Crippen LogP contribution is -2.33. The monoisotopic (exact) mass is 269 g/mol. The summed E-state index contributed by atoms with van der Waals surface area (Å²) in [5.41, 5.74) is 0. The maximum Gasteiger partial charge on any atom is 0.253 e. The number of carbonyl (C=O) groups excluding carboxylic acids is 2. The van der Waals surface area contributed by atoms with Crippen LogP contribution in [0.2, 0.25) is 0 Å².